The summed E-state index contributed by atoms with van der Waals surface area (Å²) in [5, 5.41) is 25.6. The molecular weight excluding hydrogens is 684 g/mol. The number of benzene rings is 2. The zero-order chi connectivity index (χ0) is 37.3. The Bertz CT molecular complexity index is 2200. The lowest BCUT2D eigenvalue weighted by atomic mass is 10.1. The smallest absolute Gasteiger partial charge is 0.336 e. The molecule has 0 spiro atoms. The van der Waals surface area contributed by atoms with Crippen LogP contribution in [0.15, 0.2) is 104 Å². The van der Waals surface area contributed by atoms with Gasteiger partial charge in [-0.3, -0.25) is 14.8 Å². The van der Waals surface area contributed by atoms with Crippen LogP contribution in [-0.4, -0.2) is 46.9 Å². The van der Waals surface area contributed by atoms with Gasteiger partial charge >= 0.3 is 5.97 Å². The summed E-state index contributed by atoms with van der Waals surface area (Å²) in [6.45, 7) is 3.42. The molecule has 0 bridgehead atoms. The molecule has 4 heterocycles. The van der Waals surface area contributed by atoms with E-state index >= 15 is 0 Å². The molecule has 16 heteroatoms. The summed E-state index contributed by atoms with van der Waals surface area (Å²) in [4.78, 5) is 52.2. The first-order chi connectivity index (χ1) is 25.6. The Balaban J connectivity index is 1.31. The van der Waals surface area contributed by atoms with E-state index in [0.29, 0.717) is 23.0 Å². The summed E-state index contributed by atoms with van der Waals surface area (Å²) in [5.41, 5.74) is 1.71. The number of aromatic carboxylic acids is 1. The lowest BCUT2D eigenvalue weighted by molar-refractivity contribution is 0.0694. The van der Waals surface area contributed by atoms with Crippen LogP contribution in [-0.2, 0) is 6.54 Å². The molecule has 0 radical (unpaired) electrons. The number of pyridine rings is 2. The number of carbonyl (C=O) groups excluding carboxylic acids is 1. The minimum atomic E-state index is -1.27. The molecule has 2 atom stereocenters. The molecule has 6 aromatic rings. The Morgan fingerprint density at radius 1 is 0.679 bits per heavy atom. The van der Waals surface area contributed by atoms with Crippen molar-refractivity contribution in [3.63, 3.8) is 0 Å². The lowest BCUT2D eigenvalue weighted by Gasteiger charge is -2.21. The van der Waals surface area contributed by atoms with Crippen LogP contribution in [0, 0.1) is 11.6 Å². The van der Waals surface area contributed by atoms with Gasteiger partial charge in [0.05, 0.1) is 18.0 Å². The van der Waals surface area contributed by atoms with Crippen molar-refractivity contribution < 1.29 is 23.5 Å². The normalized spacial score (nSPS) is 11.9. The summed E-state index contributed by atoms with van der Waals surface area (Å²) < 4.78 is 27.3. The fourth-order valence-corrected chi connectivity index (χ4v) is 5.28. The van der Waals surface area contributed by atoms with Crippen LogP contribution >= 0.6 is 0 Å². The number of aromatic nitrogens is 6. The van der Waals surface area contributed by atoms with Crippen LogP contribution in [0.3, 0.4) is 0 Å². The van der Waals surface area contributed by atoms with E-state index in [1.54, 1.807) is 24.3 Å². The molecule has 2 aromatic carbocycles. The Morgan fingerprint density at radius 3 is 1.74 bits per heavy atom. The third kappa shape index (κ3) is 9.37. The predicted octanol–water partition coefficient (Wildman–Crippen LogP) is 6.80. The predicted molar refractivity (Wildman–Crippen MR) is 194 cm³/mol. The van der Waals surface area contributed by atoms with Gasteiger partial charge in [0, 0.05) is 54.5 Å². The zero-order valence-electron chi connectivity index (χ0n) is 28.4. The van der Waals surface area contributed by atoms with Crippen molar-refractivity contribution in [1.29, 1.82) is 0 Å². The van der Waals surface area contributed by atoms with Crippen molar-refractivity contribution in [3.8, 4) is 0 Å². The van der Waals surface area contributed by atoms with Gasteiger partial charge in [-0.15, -0.1) is 0 Å². The van der Waals surface area contributed by atoms with Crippen molar-refractivity contribution in [3.05, 3.63) is 143 Å². The lowest BCUT2D eigenvalue weighted by Crippen LogP contribution is -2.26. The standard InChI is InChI=1S/C37H33F2N11O3/c1-21(23-3-7-26(38)8-4-23)45-30-15-25(16-31(47-30)48-33-19-40-11-13-42-33)36(51)44-18-29-28(37(52)53)17-32(49-34-20-41-12-14-43-34)50-35(29)46-22(2)24-5-9-27(39)10-6-24/h3-17,19-22H,18H2,1-2H3,(H,44,51)(H,52,53)(H2,42,45,47,48)(H2,43,46,49,50)/t21-,22-/m0/s1. The second-order valence-electron chi connectivity index (χ2n) is 11.8. The maximum atomic E-state index is 13.8. The van der Waals surface area contributed by atoms with E-state index in [2.05, 4.69) is 56.5 Å². The Hall–Kier alpha value is -7.10. The summed E-state index contributed by atoms with van der Waals surface area (Å²) in [5.74, 6) is -0.965. The van der Waals surface area contributed by atoms with Crippen molar-refractivity contribution in [1.82, 2.24) is 35.2 Å². The number of halogens is 2. The highest BCUT2D eigenvalue weighted by atomic mass is 19.1. The van der Waals surface area contributed by atoms with Crippen LogP contribution < -0.4 is 26.6 Å². The number of hydrogen-bond donors (Lipinski definition) is 6. The van der Waals surface area contributed by atoms with Gasteiger partial charge in [-0.1, -0.05) is 24.3 Å². The molecule has 6 rings (SSSR count). The fourth-order valence-electron chi connectivity index (χ4n) is 5.28. The Labute approximate surface area is 302 Å². The molecule has 0 aliphatic heterocycles. The van der Waals surface area contributed by atoms with Crippen molar-refractivity contribution >= 4 is 46.8 Å². The maximum absolute atomic E-state index is 13.8. The molecule has 0 fully saturated rings. The molecule has 0 aliphatic carbocycles. The van der Waals surface area contributed by atoms with Gasteiger partial charge < -0.3 is 31.7 Å². The molecular formula is C37H33F2N11O3. The van der Waals surface area contributed by atoms with Gasteiger partial charge in [0.2, 0.25) is 0 Å². The molecule has 1 amide bonds. The summed E-state index contributed by atoms with van der Waals surface area (Å²) in [7, 11) is 0. The number of nitrogens with one attached hydrogen (secondary N) is 5. The van der Waals surface area contributed by atoms with Crippen molar-refractivity contribution in [2.45, 2.75) is 32.5 Å². The number of carboxylic acids is 1. The molecule has 0 unspecified atom stereocenters. The molecule has 0 aliphatic rings. The fraction of sp³-hybridized carbons (Fsp3) is 0.135. The van der Waals surface area contributed by atoms with Crippen LogP contribution in [0.5, 0.6) is 0 Å². The monoisotopic (exact) mass is 717 g/mol. The number of anilines is 6. The number of hydrogen-bond acceptors (Lipinski definition) is 12. The second-order valence-corrected chi connectivity index (χ2v) is 11.8. The number of carboxylic acid groups (broad SMARTS) is 1. The van der Waals surface area contributed by atoms with Gasteiger partial charge in [0.15, 0.2) is 0 Å². The maximum Gasteiger partial charge on any atom is 0.336 e. The number of amides is 1. The van der Waals surface area contributed by atoms with E-state index in [9.17, 15) is 23.5 Å². The Kier molecular flexibility index (Phi) is 11.0. The largest absolute Gasteiger partial charge is 0.478 e. The molecule has 268 valence electrons. The van der Waals surface area contributed by atoms with Crippen LogP contribution in [0.4, 0.5) is 43.7 Å². The van der Waals surface area contributed by atoms with E-state index in [1.165, 1.54) is 79.6 Å². The summed E-state index contributed by atoms with van der Waals surface area (Å²) >= 11 is 0. The molecule has 14 nitrogen and oxygen atoms in total. The first-order valence-electron chi connectivity index (χ1n) is 16.3. The third-order valence-electron chi connectivity index (χ3n) is 7.96. The van der Waals surface area contributed by atoms with Gasteiger partial charge in [0.1, 0.15) is 46.5 Å². The highest BCUT2D eigenvalue weighted by molar-refractivity contribution is 5.97. The number of carbonyl (C=O) groups is 2. The molecule has 4 aromatic heterocycles. The topological polar surface area (TPSA) is 192 Å². The number of rotatable bonds is 14. The molecule has 6 N–H and O–H groups in total. The van der Waals surface area contributed by atoms with Crippen LogP contribution in [0.1, 0.15) is 63.3 Å². The quantitative estimate of drug-likeness (QED) is 0.0690. The van der Waals surface area contributed by atoms with Crippen LogP contribution in [0.2, 0.25) is 0 Å². The van der Waals surface area contributed by atoms with Gasteiger partial charge in [-0.2, -0.15) is 0 Å². The van der Waals surface area contributed by atoms with Gasteiger partial charge in [-0.25, -0.2) is 33.5 Å². The van der Waals surface area contributed by atoms with Crippen LogP contribution in [0.25, 0.3) is 0 Å². The average Bonchev–Trinajstić information content (AvgIpc) is 3.15. The van der Waals surface area contributed by atoms with E-state index < -0.39 is 23.7 Å². The summed E-state index contributed by atoms with van der Waals surface area (Å²) in [6, 6.07) is 15.5. The zero-order valence-corrected chi connectivity index (χ0v) is 28.4. The highest BCUT2D eigenvalue weighted by Gasteiger charge is 2.22. The minimum Gasteiger partial charge on any atom is -0.478 e. The van der Waals surface area contributed by atoms with Gasteiger partial charge in [0.25, 0.3) is 5.91 Å². The molecule has 0 saturated heterocycles. The van der Waals surface area contributed by atoms with E-state index in [0.717, 1.165) is 5.56 Å². The third-order valence-corrected chi connectivity index (χ3v) is 7.96. The van der Waals surface area contributed by atoms with Crippen molar-refractivity contribution in [2.75, 3.05) is 21.3 Å². The minimum absolute atomic E-state index is 0.143. The first kappa shape index (κ1) is 35.7. The van der Waals surface area contributed by atoms with E-state index in [1.807, 2.05) is 13.8 Å². The SMILES string of the molecule is C[C@H](Nc1cc(C(=O)NCc2c(C(=O)O)cc(Nc3cnccn3)nc2N[C@@H](C)c2ccc(F)cc2)cc(Nc2cnccn2)n1)c1ccc(F)cc1. The molecule has 0 saturated carbocycles. The molecule has 53 heavy (non-hydrogen) atoms. The van der Waals surface area contributed by atoms with Gasteiger partial charge in [-0.05, 0) is 67.4 Å². The summed E-state index contributed by atoms with van der Waals surface area (Å²) in [6.07, 6.45) is 8.93. The second kappa shape index (κ2) is 16.3. The number of nitrogens with zero attached hydrogens (tertiary/aromatic N) is 6. The highest BCUT2D eigenvalue weighted by Crippen LogP contribution is 2.28. The first-order valence-corrected chi connectivity index (χ1v) is 16.3. The Morgan fingerprint density at radius 2 is 1.21 bits per heavy atom. The van der Waals surface area contributed by atoms with Crippen molar-refractivity contribution in [2.24, 2.45) is 0 Å². The van der Waals surface area contributed by atoms with E-state index in [4.69, 9.17) is 0 Å². The average molecular weight is 718 g/mol. The van der Waals surface area contributed by atoms with E-state index in [-0.39, 0.29) is 52.5 Å².